The number of morpholine rings is 1. The largest absolute Gasteiger partial charge is 0.392 e. The molecule has 0 bridgehead atoms. The second-order valence-electron chi connectivity index (χ2n) is 5.14. The molecule has 0 saturated carbocycles. The van der Waals surface area contributed by atoms with Crippen molar-refractivity contribution in [2.24, 2.45) is 0 Å². The Kier molecular flexibility index (Phi) is 3.55. The van der Waals surface area contributed by atoms with Crippen molar-refractivity contribution in [3.8, 4) is 6.07 Å². The van der Waals surface area contributed by atoms with E-state index in [9.17, 15) is 5.26 Å². The molecule has 1 N–H and O–H groups in total. The van der Waals surface area contributed by atoms with Gasteiger partial charge in [-0.1, -0.05) is 6.07 Å². The van der Waals surface area contributed by atoms with Crippen LogP contribution < -0.4 is 4.90 Å². The number of hydrogen-bond donors (Lipinski definition) is 1. The SMILES string of the molecule is CC1(C)COCCN1c1ccc(CO)cc1C#N. The Morgan fingerprint density at radius 1 is 1.50 bits per heavy atom. The molecule has 4 heteroatoms. The van der Waals surface area contributed by atoms with Gasteiger partial charge in [0.15, 0.2) is 0 Å². The van der Waals surface area contributed by atoms with Crippen LogP contribution in [0.4, 0.5) is 5.69 Å². The van der Waals surface area contributed by atoms with E-state index in [1.807, 2.05) is 12.1 Å². The summed E-state index contributed by atoms with van der Waals surface area (Å²) >= 11 is 0. The van der Waals surface area contributed by atoms with Crippen LogP contribution in [0.15, 0.2) is 18.2 Å². The monoisotopic (exact) mass is 246 g/mol. The molecule has 4 nitrogen and oxygen atoms in total. The summed E-state index contributed by atoms with van der Waals surface area (Å²) in [6, 6.07) is 7.74. The Hall–Kier alpha value is -1.57. The molecule has 1 aliphatic rings. The molecule has 2 rings (SSSR count). The fraction of sp³-hybridized carbons (Fsp3) is 0.500. The van der Waals surface area contributed by atoms with E-state index in [2.05, 4.69) is 24.8 Å². The molecular formula is C14H18N2O2. The lowest BCUT2D eigenvalue weighted by atomic mass is 9.99. The number of nitriles is 1. The molecule has 1 heterocycles. The van der Waals surface area contributed by atoms with Gasteiger partial charge in [-0.15, -0.1) is 0 Å². The summed E-state index contributed by atoms with van der Waals surface area (Å²) < 4.78 is 5.49. The summed E-state index contributed by atoms with van der Waals surface area (Å²) in [5.74, 6) is 0. The van der Waals surface area contributed by atoms with Crippen LogP contribution >= 0.6 is 0 Å². The van der Waals surface area contributed by atoms with E-state index < -0.39 is 0 Å². The van der Waals surface area contributed by atoms with Crippen molar-refractivity contribution < 1.29 is 9.84 Å². The zero-order chi connectivity index (χ0) is 13.2. The highest BCUT2D eigenvalue weighted by Gasteiger charge is 2.31. The molecule has 1 aromatic carbocycles. The number of aliphatic hydroxyl groups is 1. The smallest absolute Gasteiger partial charge is 0.101 e. The summed E-state index contributed by atoms with van der Waals surface area (Å²) in [6.45, 7) is 6.28. The zero-order valence-electron chi connectivity index (χ0n) is 10.8. The van der Waals surface area contributed by atoms with Crippen LogP contribution in [0.5, 0.6) is 0 Å². The zero-order valence-corrected chi connectivity index (χ0v) is 10.8. The molecule has 0 unspecified atom stereocenters. The minimum absolute atomic E-state index is 0.0402. The van der Waals surface area contributed by atoms with E-state index in [1.165, 1.54) is 0 Å². The molecule has 0 aliphatic carbocycles. The number of anilines is 1. The lowest BCUT2D eigenvalue weighted by molar-refractivity contribution is 0.0644. The van der Waals surface area contributed by atoms with Crippen LogP contribution in [0.1, 0.15) is 25.0 Å². The number of aliphatic hydroxyl groups excluding tert-OH is 1. The highest BCUT2D eigenvalue weighted by Crippen LogP contribution is 2.30. The van der Waals surface area contributed by atoms with Gasteiger partial charge in [0, 0.05) is 6.54 Å². The van der Waals surface area contributed by atoms with E-state index >= 15 is 0 Å². The van der Waals surface area contributed by atoms with Gasteiger partial charge in [-0.3, -0.25) is 0 Å². The van der Waals surface area contributed by atoms with Crippen molar-refractivity contribution in [3.05, 3.63) is 29.3 Å². The standard InChI is InChI=1S/C14H18N2O2/c1-14(2)10-18-6-5-16(14)13-4-3-11(9-17)7-12(13)8-15/h3-4,7,17H,5-6,9-10H2,1-2H3. The fourth-order valence-electron chi connectivity index (χ4n) is 2.31. The normalized spacial score (nSPS) is 18.4. The van der Waals surface area contributed by atoms with Crippen LogP contribution in [0.2, 0.25) is 0 Å². The average Bonchev–Trinajstić information content (AvgIpc) is 2.37. The van der Waals surface area contributed by atoms with Gasteiger partial charge in [0.1, 0.15) is 6.07 Å². The summed E-state index contributed by atoms with van der Waals surface area (Å²) in [5.41, 5.74) is 2.17. The summed E-state index contributed by atoms with van der Waals surface area (Å²) in [4.78, 5) is 2.20. The van der Waals surface area contributed by atoms with E-state index in [4.69, 9.17) is 9.84 Å². The predicted molar refractivity (Wildman–Crippen MR) is 69.3 cm³/mol. The lowest BCUT2D eigenvalue weighted by Gasteiger charge is -2.44. The highest BCUT2D eigenvalue weighted by molar-refractivity contribution is 5.62. The first-order valence-electron chi connectivity index (χ1n) is 6.08. The third kappa shape index (κ3) is 2.33. The Bertz CT molecular complexity index is 477. The molecular weight excluding hydrogens is 228 g/mol. The van der Waals surface area contributed by atoms with E-state index in [0.29, 0.717) is 18.8 Å². The number of hydrogen-bond acceptors (Lipinski definition) is 4. The van der Waals surface area contributed by atoms with Crippen molar-refractivity contribution in [2.45, 2.75) is 26.0 Å². The molecule has 18 heavy (non-hydrogen) atoms. The minimum atomic E-state index is -0.120. The van der Waals surface area contributed by atoms with Crippen molar-refractivity contribution in [2.75, 3.05) is 24.7 Å². The number of nitrogens with zero attached hydrogens (tertiary/aromatic N) is 2. The first-order chi connectivity index (χ1) is 8.58. The topological polar surface area (TPSA) is 56.5 Å². The minimum Gasteiger partial charge on any atom is -0.392 e. The van der Waals surface area contributed by atoms with Crippen molar-refractivity contribution in [1.29, 1.82) is 5.26 Å². The number of rotatable bonds is 2. The van der Waals surface area contributed by atoms with Gasteiger partial charge in [-0.25, -0.2) is 0 Å². The maximum atomic E-state index is 9.25. The van der Waals surface area contributed by atoms with Crippen LogP contribution in [-0.4, -0.2) is 30.4 Å². The molecule has 1 fully saturated rings. The molecule has 0 amide bonds. The second kappa shape index (κ2) is 4.97. The molecule has 1 aromatic rings. The number of benzene rings is 1. The van der Waals surface area contributed by atoms with Gasteiger partial charge in [0.2, 0.25) is 0 Å². The third-order valence-electron chi connectivity index (χ3n) is 3.30. The Morgan fingerprint density at radius 3 is 2.89 bits per heavy atom. The van der Waals surface area contributed by atoms with Gasteiger partial charge < -0.3 is 14.7 Å². The molecule has 0 spiro atoms. The van der Waals surface area contributed by atoms with Crippen LogP contribution in [0.25, 0.3) is 0 Å². The van der Waals surface area contributed by atoms with E-state index in [0.717, 1.165) is 17.8 Å². The van der Waals surface area contributed by atoms with Gasteiger partial charge in [0.05, 0.1) is 36.6 Å². The van der Waals surface area contributed by atoms with Crippen LogP contribution in [0, 0.1) is 11.3 Å². The first-order valence-corrected chi connectivity index (χ1v) is 6.08. The van der Waals surface area contributed by atoms with Crippen molar-refractivity contribution in [1.82, 2.24) is 0 Å². The summed E-state index contributed by atoms with van der Waals surface area (Å²) in [7, 11) is 0. The quantitative estimate of drug-likeness (QED) is 0.862. The maximum absolute atomic E-state index is 9.25. The fourth-order valence-corrected chi connectivity index (χ4v) is 2.31. The molecule has 96 valence electrons. The first kappa shape index (κ1) is 12.9. The summed E-state index contributed by atoms with van der Waals surface area (Å²) in [5, 5.41) is 18.4. The van der Waals surface area contributed by atoms with E-state index in [-0.39, 0.29) is 12.1 Å². The molecule has 1 aliphatic heterocycles. The van der Waals surface area contributed by atoms with Gasteiger partial charge in [-0.05, 0) is 31.5 Å². The Labute approximate surface area is 107 Å². The van der Waals surface area contributed by atoms with Crippen molar-refractivity contribution in [3.63, 3.8) is 0 Å². The maximum Gasteiger partial charge on any atom is 0.101 e. The molecule has 1 saturated heterocycles. The predicted octanol–water partition coefficient (Wildman–Crippen LogP) is 1.67. The molecule has 0 atom stereocenters. The van der Waals surface area contributed by atoms with Gasteiger partial charge >= 0.3 is 0 Å². The summed E-state index contributed by atoms with van der Waals surface area (Å²) in [6.07, 6.45) is 0. The average molecular weight is 246 g/mol. The second-order valence-corrected chi connectivity index (χ2v) is 5.14. The van der Waals surface area contributed by atoms with Gasteiger partial charge in [-0.2, -0.15) is 5.26 Å². The van der Waals surface area contributed by atoms with E-state index in [1.54, 1.807) is 6.07 Å². The Balaban J connectivity index is 2.41. The highest BCUT2D eigenvalue weighted by atomic mass is 16.5. The third-order valence-corrected chi connectivity index (χ3v) is 3.30. The number of ether oxygens (including phenoxy) is 1. The lowest BCUT2D eigenvalue weighted by Crippen LogP contribution is -2.53. The molecule has 0 aromatic heterocycles. The van der Waals surface area contributed by atoms with Crippen LogP contribution in [-0.2, 0) is 11.3 Å². The molecule has 0 radical (unpaired) electrons. The van der Waals surface area contributed by atoms with Crippen molar-refractivity contribution >= 4 is 5.69 Å². The van der Waals surface area contributed by atoms with Crippen LogP contribution in [0.3, 0.4) is 0 Å². The Morgan fingerprint density at radius 2 is 2.28 bits per heavy atom. The van der Waals surface area contributed by atoms with Gasteiger partial charge in [0.25, 0.3) is 0 Å².